The number of rotatable bonds is 6. The number of hydrogen-bond acceptors (Lipinski definition) is 3. The van der Waals surface area contributed by atoms with E-state index in [1.54, 1.807) is 6.33 Å². The maximum absolute atomic E-state index is 4.51. The lowest BCUT2D eigenvalue weighted by Crippen LogP contribution is -2.34. The molecule has 3 nitrogen and oxygen atoms in total. The molecule has 0 saturated heterocycles. The van der Waals surface area contributed by atoms with Gasteiger partial charge in [0.2, 0.25) is 0 Å². The van der Waals surface area contributed by atoms with Gasteiger partial charge in [-0.25, -0.2) is 9.97 Å². The molecule has 1 aromatic carbocycles. The minimum atomic E-state index is 0.582. The molecule has 1 aliphatic rings. The third-order valence-corrected chi connectivity index (χ3v) is 3.89. The second kappa shape index (κ2) is 5.66. The lowest BCUT2D eigenvalue weighted by Gasteiger charge is -2.18. The number of hydrogen-bond donors (Lipinski definition) is 1. The number of benzene rings is 1. The smallest absolute Gasteiger partial charge is 0.116 e. The molecule has 3 rings (SSSR count). The molecule has 0 bridgehead atoms. The van der Waals surface area contributed by atoms with Crippen molar-refractivity contribution in [3.63, 3.8) is 0 Å². The predicted octanol–water partition coefficient (Wildman–Crippen LogP) is 2.95. The minimum Gasteiger partial charge on any atom is -0.313 e. The summed E-state index contributed by atoms with van der Waals surface area (Å²) in [6.45, 7) is 3.32. The van der Waals surface area contributed by atoms with Crippen LogP contribution in [0.3, 0.4) is 0 Å². The van der Waals surface area contributed by atoms with Crippen molar-refractivity contribution in [3.05, 3.63) is 36.3 Å². The second-order valence-corrected chi connectivity index (χ2v) is 5.44. The van der Waals surface area contributed by atoms with Crippen molar-refractivity contribution in [1.29, 1.82) is 0 Å². The first-order valence-electron chi connectivity index (χ1n) is 7.30. The van der Waals surface area contributed by atoms with Crippen LogP contribution < -0.4 is 5.32 Å². The highest BCUT2D eigenvalue weighted by Crippen LogP contribution is 2.34. The lowest BCUT2D eigenvalue weighted by atomic mass is 10.0. The molecule has 1 N–H and O–H groups in total. The quantitative estimate of drug-likeness (QED) is 0.862. The number of aromatic nitrogens is 2. The molecule has 19 heavy (non-hydrogen) atoms. The lowest BCUT2D eigenvalue weighted by molar-refractivity contribution is 0.457. The molecule has 1 aliphatic carbocycles. The van der Waals surface area contributed by atoms with Gasteiger partial charge >= 0.3 is 0 Å². The van der Waals surface area contributed by atoms with Gasteiger partial charge in [-0.05, 0) is 37.8 Å². The van der Waals surface area contributed by atoms with Gasteiger partial charge in [-0.15, -0.1) is 0 Å². The van der Waals surface area contributed by atoms with Crippen LogP contribution >= 0.6 is 0 Å². The number of nitrogens with zero attached hydrogens (tertiary/aromatic N) is 2. The largest absolute Gasteiger partial charge is 0.313 e. The Morgan fingerprint density at radius 2 is 2.11 bits per heavy atom. The molecule has 0 aliphatic heterocycles. The fourth-order valence-electron chi connectivity index (χ4n) is 2.67. The van der Waals surface area contributed by atoms with Gasteiger partial charge in [0, 0.05) is 17.8 Å². The van der Waals surface area contributed by atoms with Gasteiger partial charge in [0.05, 0.1) is 11.2 Å². The number of fused-ring (bicyclic) bond motifs is 1. The van der Waals surface area contributed by atoms with E-state index in [4.69, 9.17) is 0 Å². The molecule has 1 heterocycles. The number of nitrogens with one attached hydrogen (secondary N) is 1. The summed E-state index contributed by atoms with van der Waals surface area (Å²) in [4.78, 5) is 8.85. The summed E-state index contributed by atoms with van der Waals surface area (Å²) in [5, 5.41) is 4.89. The van der Waals surface area contributed by atoms with Gasteiger partial charge in [-0.1, -0.05) is 25.1 Å². The Morgan fingerprint density at radius 3 is 2.89 bits per heavy atom. The van der Waals surface area contributed by atoms with Crippen LogP contribution in [-0.4, -0.2) is 22.6 Å². The normalized spacial score (nSPS) is 16.7. The third-order valence-electron chi connectivity index (χ3n) is 3.89. The summed E-state index contributed by atoms with van der Waals surface area (Å²) < 4.78 is 0. The predicted molar refractivity (Wildman–Crippen MR) is 78.0 cm³/mol. The van der Waals surface area contributed by atoms with Crippen LogP contribution in [0.4, 0.5) is 0 Å². The maximum Gasteiger partial charge on any atom is 0.116 e. The fraction of sp³-hybridized carbons (Fsp3) is 0.500. The zero-order valence-electron chi connectivity index (χ0n) is 11.5. The first-order chi connectivity index (χ1) is 9.38. The van der Waals surface area contributed by atoms with Crippen molar-refractivity contribution in [2.24, 2.45) is 5.92 Å². The van der Waals surface area contributed by atoms with E-state index in [1.807, 2.05) is 6.07 Å². The van der Waals surface area contributed by atoms with Crippen LogP contribution in [0.1, 0.15) is 31.9 Å². The van der Waals surface area contributed by atoms with Crippen molar-refractivity contribution in [2.75, 3.05) is 6.54 Å². The van der Waals surface area contributed by atoms with Crippen LogP contribution in [0.15, 0.2) is 30.6 Å². The van der Waals surface area contributed by atoms with Crippen molar-refractivity contribution >= 4 is 10.9 Å². The average Bonchev–Trinajstić information content (AvgIpc) is 3.28. The zero-order chi connectivity index (χ0) is 13.1. The second-order valence-electron chi connectivity index (χ2n) is 5.44. The van der Waals surface area contributed by atoms with E-state index >= 15 is 0 Å². The van der Waals surface area contributed by atoms with Gasteiger partial charge < -0.3 is 5.32 Å². The molecule has 1 aromatic heterocycles. The van der Waals surface area contributed by atoms with Gasteiger partial charge in [-0.3, -0.25) is 0 Å². The molecule has 0 spiro atoms. The molecule has 2 aromatic rings. The Labute approximate surface area is 114 Å². The molecule has 0 amide bonds. The van der Waals surface area contributed by atoms with E-state index in [0.717, 1.165) is 24.4 Å². The molecule has 1 saturated carbocycles. The van der Waals surface area contributed by atoms with Gasteiger partial charge in [0.25, 0.3) is 0 Å². The van der Waals surface area contributed by atoms with E-state index in [0.29, 0.717) is 6.04 Å². The minimum absolute atomic E-state index is 0.582. The topological polar surface area (TPSA) is 37.8 Å². The van der Waals surface area contributed by atoms with Crippen molar-refractivity contribution in [3.8, 4) is 0 Å². The summed E-state index contributed by atoms with van der Waals surface area (Å²) in [5.74, 6) is 0.847. The van der Waals surface area contributed by atoms with Crippen LogP contribution in [0, 0.1) is 5.92 Å². The van der Waals surface area contributed by atoms with E-state index in [1.165, 1.54) is 30.3 Å². The van der Waals surface area contributed by atoms with Crippen molar-refractivity contribution in [2.45, 2.75) is 38.6 Å². The maximum atomic E-state index is 4.51. The van der Waals surface area contributed by atoms with E-state index in [9.17, 15) is 0 Å². The van der Waals surface area contributed by atoms with Crippen LogP contribution in [0.5, 0.6) is 0 Å². The highest BCUT2D eigenvalue weighted by atomic mass is 14.9. The van der Waals surface area contributed by atoms with Gasteiger partial charge in [0.1, 0.15) is 6.33 Å². The highest BCUT2D eigenvalue weighted by molar-refractivity contribution is 5.80. The standard InChI is InChI=1S/C16H21N3/c1-2-9-17-15(12-7-8-12)10-16-13-5-3-4-6-14(13)18-11-19-16/h3-6,11-12,15,17H,2,7-10H2,1H3. The summed E-state index contributed by atoms with van der Waals surface area (Å²) in [6, 6.07) is 8.88. The monoisotopic (exact) mass is 255 g/mol. The molecule has 3 heteroatoms. The summed E-state index contributed by atoms with van der Waals surface area (Å²) in [5.41, 5.74) is 2.24. The van der Waals surface area contributed by atoms with Gasteiger partial charge in [0.15, 0.2) is 0 Å². The molecule has 1 fully saturated rings. The molecule has 0 radical (unpaired) electrons. The molecular formula is C16H21N3. The van der Waals surface area contributed by atoms with Crippen molar-refractivity contribution < 1.29 is 0 Å². The zero-order valence-corrected chi connectivity index (χ0v) is 11.5. The first kappa shape index (κ1) is 12.5. The highest BCUT2D eigenvalue weighted by Gasteiger charge is 2.31. The molecular weight excluding hydrogens is 234 g/mol. The SMILES string of the molecule is CCCNC(Cc1ncnc2ccccc12)C1CC1. The number of para-hydroxylation sites is 1. The summed E-state index contributed by atoms with van der Waals surface area (Å²) in [7, 11) is 0. The Kier molecular flexibility index (Phi) is 3.74. The Balaban J connectivity index is 1.82. The third kappa shape index (κ3) is 2.92. The van der Waals surface area contributed by atoms with Crippen LogP contribution in [0.2, 0.25) is 0 Å². The fourth-order valence-corrected chi connectivity index (χ4v) is 2.67. The van der Waals surface area contributed by atoms with E-state index < -0.39 is 0 Å². The molecule has 1 atom stereocenters. The summed E-state index contributed by atoms with van der Waals surface area (Å²) >= 11 is 0. The van der Waals surface area contributed by atoms with Crippen molar-refractivity contribution in [1.82, 2.24) is 15.3 Å². The van der Waals surface area contributed by atoms with E-state index in [2.05, 4.69) is 40.4 Å². The van der Waals surface area contributed by atoms with Crippen LogP contribution in [0.25, 0.3) is 10.9 Å². The first-order valence-corrected chi connectivity index (χ1v) is 7.30. The Bertz CT molecular complexity index is 543. The molecule has 1 unspecified atom stereocenters. The van der Waals surface area contributed by atoms with Crippen LogP contribution in [-0.2, 0) is 6.42 Å². The summed E-state index contributed by atoms with van der Waals surface area (Å²) in [6.07, 6.45) is 6.64. The molecule has 100 valence electrons. The Morgan fingerprint density at radius 1 is 1.26 bits per heavy atom. The van der Waals surface area contributed by atoms with Gasteiger partial charge in [-0.2, -0.15) is 0 Å². The average molecular weight is 255 g/mol. The Hall–Kier alpha value is -1.48. The van der Waals surface area contributed by atoms with E-state index in [-0.39, 0.29) is 0 Å².